The van der Waals surface area contributed by atoms with Gasteiger partial charge in [0.1, 0.15) is 23.0 Å². The zero-order valence-electron chi connectivity index (χ0n) is 20.1. The van der Waals surface area contributed by atoms with Crippen LogP contribution in [0, 0.1) is 0 Å². The van der Waals surface area contributed by atoms with Crippen LogP contribution in [-0.2, 0) is 0 Å². The van der Waals surface area contributed by atoms with Gasteiger partial charge in [-0.25, -0.2) is 9.80 Å². The fourth-order valence-corrected chi connectivity index (χ4v) is 4.57. The molecule has 0 fully saturated rings. The molecule has 0 unspecified atom stereocenters. The molecular formula is C30H18N2O7. The average molecular weight is 518 g/mol. The van der Waals surface area contributed by atoms with Crippen molar-refractivity contribution in [3.8, 4) is 17.2 Å². The maximum absolute atomic E-state index is 13.0. The molecule has 9 nitrogen and oxygen atoms in total. The van der Waals surface area contributed by atoms with E-state index in [1.807, 2.05) is 0 Å². The molecule has 0 saturated carbocycles. The van der Waals surface area contributed by atoms with Crippen molar-refractivity contribution in [1.29, 1.82) is 0 Å². The molecule has 9 heteroatoms. The highest BCUT2D eigenvalue weighted by Crippen LogP contribution is 2.35. The lowest BCUT2D eigenvalue weighted by Gasteiger charge is -2.14. The molecule has 4 aromatic carbocycles. The van der Waals surface area contributed by atoms with Gasteiger partial charge in [-0.3, -0.25) is 19.2 Å². The molecule has 0 radical (unpaired) electrons. The summed E-state index contributed by atoms with van der Waals surface area (Å²) in [7, 11) is 0. The van der Waals surface area contributed by atoms with Crippen molar-refractivity contribution in [1.82, 2.24) is 0 Å². The quantitative estimate of drug-likeness (QED) is 0.271. The summed E-state index contributed by atoms with van der Waals surface area (Å²) < 4.78 is 5.88. The third kappa shape index (κ3) is 3.80. The molecule has 2 N–H and O–H groups in total. The lowest BCUT2D eigenvalue weighted by Crippen LogP contribution is -2.29. The van der Waals surface area contributed by atoms with Gasteiger partial charge < -0.3 is 14.9 Å². The standard InChI is InChI=1S/C30H18N2O7/c1-16(33)17-2-12-23-25(14-17)29(37)32(27(23)35)19-5-9-21(10-6-19)39-22-11-13-24-26(15-22)30(38)31(28(24)36)18-3-7-20(34)8-4-18/h2-15,33-34H,1H2. The number of ether oxygens (including phenoxy) is 1. The van der Waals surface area contributed by atoms with E-state index < -0.39 is 23.6 Å². The molecule has 0 aromatic heterocycles. The molecule has 0 bridgehead atoms. The molecule has 4 aromatic rings. The van der Waals surface area contributed by atoms with Crippen LogP contribution in [0.25, 0.3) is 5.76 Å². The van der Waals surface area contributed by atoms with Crippen LogP contribution in [0.2, 0.25) is 0 Å². The number of anilines is 2. The molecule has 0 spiro atoms. The Morgan fingerprint density at radius 2 is 1.05 bits per heavy atom. The number of rotatable bonds is 5. The van der Waals surface area contributed by atoms with Crippen LogP contribution in [-0.4, -0.2) is 33.8 Å². The second kappa shape index (κ2) is 8.70. The Balaban J connectivity index is 1.22. The number of benzene rings is 4. The molecule has 39 heavy (non-hydrogen) atoms. The fraction of sp³-hybridized carbons (Fsp3) is 0. The molecule has 4 amide bonds. The zero-order chi connectivity index (χ0) is 27.4. The lowest BCUT2D eigenvalue weighted by molar-refractivity contribution is 0.0910. The smallest absolute Gasteiger partial charge is 0.266 e. The van der Waals surface area contributed by atoms with Crippen molar-refractivity contribution in [2.24, 2.45) is 0 Å². The van der Waals surface area contributed by atoms with Crippen molar-refractivity contribution in [3.05, 3.63) is 119 Å². The van der Waals surface area contributed by atoms with Crippen LogP contribution in [0.1, 0.15) is 47.0 Å². The first-order chi connectivity index (χ1) is 18.7. The van der Waals surface area contributed by atoms with Gasteiger partial charge in [0.2, 0.25) is 0 Å². The van der Waals surface area contributed by atoms with Gasteiger partial charge in [-0.15, -0.1) is 0 Å². The van der Waals surface area contributed by atoms with E-state index in [2.05, 4.69) is 6.58 Å². The Labute approximate surface area is 221 Å². The predicted octanol–water partition coefficient (Wildman–Crippen LogP) is 5.31. The van der Waals surface area contributed by atoms with Gasteiger partial charge in [0.05, 0.1) is 33.6 Å². The molecule has 0 aliphatic carbocycles. The summed E-state index contributed by atoms with van der Waals surface area (Å²) in [6, 6.07) is 21.0. The third-order valence-electron chi connectivity index (χ3n) is 6.52. The maximum Gasteiger partial charge on any atom is 0.266 e. The second-order valence-electron chi connectivity index (χ2n) is 8.92. The number of hydrogen-bond acceptors (Lipinski definition) is 7. The van der Waals surface area contributed by atoms with Crippen molar-refractivity contribution >= 4 is 40.8 Å². The molecule has 2 aliphatic rings. The minimum Gasteiger partial charge on any atom is -0.508 e. The highest BCUT2D eigenvalue weighted by Gasteiger charge is 2.38. The number of phenolic OH excluding ortho intramolecular Hbond substituents is 1. The number of fused-ring (bicyclic) bond motifs is 2. The molecule has 0 saturated heterocycles. The van der Waals surface area contributed by atoms with Gasteiger partial charge in [0, 0.05) is 5.56 Å². The number of hydrogen-bond donors (Lipinski definition) is 2. The molecule has 190 valence electrons. The number of carbonyl (C=O) groups excluding carboxylic acids is 4. The highest BCUT2D eigenvalue weighted by molar-refractivity contribution is 6.35. The number of amides is 4. The summed E-state index contributed by atoms with van der Waals surface area (Å²) in [6.07, 6.45) is 0. The summed E-state index contributed by atoms with van der Waals surface area (Å²) in [5.41, 5.74) is 1.82. The monoisotopic (exact) mass is 518 g/mol. The minimum absolute atomic E-state index is 0.0159. The Morgan fingerprint density at radius 1 is 0.590 bits per heavy atom. The number of aliphatic hydroxyl groups excluding tert-OH is 1. The SMILES string of the molecule is C=C(O)c1ccc2c(c1)C(=O)N(c1ccc(Oc3ccc4c(c3)C(=O)N(c3ccc(O)cc3)C4=O)cc1)C2=O. The Morgan fingerprint density at radius 3 is 1.62 bits per heavy atom. The molecule has 6 rings (SSSR count). The first kappa shape index (κ1) is 23.7. The van der Waals surface area contributed by atoms with Gasteiger partial charge >= 0.3 is 0 Å². The predicted molar refractivity (Wildman–Crippen MR) is 141 cm³/mol. The van der Waals surface area contributed by atoms with E-state index in [1.165, 1.54) is 54.6 Å². The van der Waals surface area contributed by atoms with E-state index in [9.17, 15) is 29.4 Å². The van der Waals surface area contributed by atoms with E-state index in [0.717, 1.165) is 9.80 Å². The van der Waals surface area contributed by atoms with E-state index in [0.29, 0.717) is 28.4 Å². The van der Waals surface area contributed by atoms with E-state index >= 15 is 0 Å². The van der Waals surface area contributed by atoms with Gasteiger partial charge in [-0.1, -0.05) is 12.6 Å². The molecule has 2 aliphatic heterocycles. The average Bonchev–Trinajstić information content (AvgIpc) is 3.33. The highest BCUT2D eigenvalue weighted by atomic mass is 16.5. The molecular weight excluding hydrogens is 500 g/mol. The summed E-state index contributed by atoms with van der Waals surface area (Å²) in [5, 5.41) is 19.1. The second-order valence-corrected chi connectivity index (χ2v) is 8.92. The first-order valence-electron chi connectivity index (χ1n) is 11.7. The van der Waals surface area contributed by atoms with Crippen molar-refractivity contribution in [2.45, 2.75) is 0 Å². The van der Waals surface area contributed by atoms with Gasteiger partial charge in [-0.2, -0.15) is 0 Å². The van der Waals surface area contributed by atoms with Crippen LogP contribution >= 0.6 is 0 Å². The van der Waals surface area contributed by atoms with E-state index in [4.69, 9.17) is 4.74 Å². The number of aromatic hydroxyl groups is 1. The van der Waals surface area contributed by atoms with Gasteiger partial charge in [0.25, 0.3) is 23.6 Å². The first-order valence-corrected chi connectivity index (χ1v) is 11.7. The molecule has 2 heterocycles. The summed E-state index contributed by atoms with van der Waals surface area (Å²) in [6.45, 7) is 3.45. The van der Waals surface area contributed by atoms with Crippen LogP contribution in [0.15, 0.2) is 91.5 Å². The summed E-state index contributed by atoms with van der Waals surface area (Å²) in [4.78, 5) is 53.8. The number of imide groups is 2. The lowest BCUT2D eigenvalue weighted by atomic mass is 10.1. The van der Waals surface area contributed by atoms with Crippen LogP contribution in [0.4, 0.5) is 11.4 Å². The Bertz CT molecular complexity index is 1740. The topological polar surface area (TPSA) is 124 Å². The Kier molecular flexibility index (Phi) is 5.28. The van der Waals surface area contributed by atoms with Crippen molar-refractivity contribution < 1.29 is 34.1 Å². The zero-order valence-corrected chi connectivity index (χ0v) is 20.1. The Hall–Kier alpha value is -5.70. The summed E-state index contributed by atoms with van der Waals surface area (Å²) >= 11 is 0. The number of aliphatic hydroxyl groups is 1. The number of nitrogens with zero attached hydrogens (tertiary/aromatic N) is 2. The van der Waals surface area contributed by atoms with Crippen molar-refractivity contribution in [3.63, 3.8) is 0 Å². The molecule has 0 atom stereocenters. The largest absolute Gasteiger partial charge is 0.508 e. The van der Waals surface area contributed by atoms with Crippen LogP contribution in [0.5, 0.6) is 17.2 Å². The van der Waals surface area contributed by atoms with Gasteiger partial charge in [-0.05, 0) is 78.9 Å². The van der Waals surface area contributed by atoms with Crippen LogP contribution in [0.3, 0.4) is 0 Å². The number of phenols is 1. The fourth-order valence-electron chi connectivity index (χ4n) is 4.57. The van der Waals surface area contributed by atoms with E-state index in [-0.39, 0.29) is 33.8 Å². The van der Waals surface area contributed by atoms with Crippen molar-refractivity contribution in [2.75, 3.05) is 9.80 Å². The van der Waals surface area contributed by atoms with Crippen LogP contribution < -0.4 is 14.5 Å². The van der Waals surface area contributed by atoms with Gasteiger partial charge in [0.15, 0.2) is 0 Å². The van der Waals surface area contributed by atoms with E-state index in [1.54, 1.807) is 30.3 Å². The number of carbonyl (C=O) groups is 4. The maximum atomic E-state index is 13.0. The normalized spacial score (nSPS) is 14.1. The third-order valence-corrected chi connectivity index (χ3v) is 6.52. The minimum atomic E-state index is -0.522. The summed E-state index contributed by atoms with van der Waals surface area (Å²) in [5.74, 6) is -1.50.